The maximum Gasteiger partial charge on any atom is 0.346 e. The molecule has 0 aromatic heterocycles. The Bertz CT molecular complexity index is 518. The second-order valence-electron chi connectivity index (χ2n) is 2.73. The highest BCUT2D eigenvalue weighted by molar-refractivity contribution is 9.13. The third kappa shape index (κ3) is 2.94. The van der Waals surface area contributed by atoms with Gasteiger partial charge in [-0.25, -0.2) is 4.79 Å². The number of benzene rings is 1. The Labute approximate surface area is 117 Å². The number of carboxylic acids is 1. The van der Waals surface area contributed by atoms with Gasteiger partial charge in [-0.15, -0.1) is 0 Å². The molecule has 0 heterocycles. The van der Waals surface area contributed by atoms with Gasteiger partial charge in [0.15, 0.2) is 0 Å². The third-order valence-electron chi connectivity index (χ3n) is 1.72. The van der Waals surface area contributed by atoms with E-state index in [9.17, 15) is 4.79 Å². The van der Waals surface area contributed by atoms with Crippen molar-refractivity contribution in [1.82, 2.24) is 0 Å². The number of carbonyl (C=O) groups is 1. The van der Waals surface area contributed by atoms with Crippen LogP contribution in [0.4, 0.5) is 0 Å². The van der Waals surface area contributed by atoms with E-state index in [2.05, 4.69) is 47.8 Å². The van der Waals surface area contributed by atoms with Crippen LogP contribution in [0, 0.1) is 11.3 Å². The predicted octanol–water partition coefficient (Wildman–Crippen LogP) is 3.97. The summed E-state index contributed by atoms with van der Waals surface area (Å²) in [5.74, 6) is -1.25. The Kier molecular flexibility index (Phi) is 4.71. The SMILES string of the molecule is N#C/C(=C\c1c(Br)ccc(Br)c1Br)C(=O)O. The molecule has 1 aromatic rings. The molecule has 1 N–H and O–H groups in total. The number of rotatable bonds is 2. The molecule has 0 aliphatic heterocycles. The van der Waals surface area contributed by atoms with E-state index in [4.69, 9.17) is 10.4 Å². The highest BCUT2D eigenvalue weighted by atomic mass is 79.9. The van der Waals surface area contributed by atoms with Gasteiger partial charge < -0.3 is 5.11 Å². The predicted molar refractivity (Wildman–Crippen MR) is 70.8 cm³/mol. The summed E-state index contributed by atoms with van der Waals surface area (Å²) in [4.78, 5) is 10.7. The molecule has 1 rings (SSSR count). The van der Waals surface area contributed by atoms with Gasteiger partial charge in [-0.2, -0.15) is 5.26 Å². The van der Waals surface area contributed by atoms with Crippen LogP contribution >= 0.6 is 47.8 Å². The largest absolute Gasteiger partial charge is 0.477 e. The minimum absolute atomic E-state index is 0.320. The van der Waals surface area contributed by atoms with Crippen molar-refractivity contribution in [3.63, 3.8) is 0 Å². The van der Waals surface area contributed by atoms with Crippen LogP contribution < -0.4 is 0 Å². The van der Waals surface area contributed by atoms with Gasteiger partial charge in [0.2, 0.25) is 0 Å². The molecule has 0 saturated heterocycles. The lowest BCUT2D eigenvalue weighted by Crippen LogP contribution is -1.97. The first-order chi connectivity index (χ1) is 7.47. The maximum absolute atomic E-state index is 10.7. The van der Waals surface area contributed by atoms with Gasteiger partial charge >= 0.3 is 5.97 Å². The molecule has 0 aliphatic rings. The highest BCUT2D eigenvalue weighted by Gasteiger charge is 2.11. The summed E-state index contributed by atoms with van der Waals surface area (Å²) in [5, 5.41) is 17.4. The van der Waals surface area contributed by atoms with Crippen molar-refractivity contribution in [2.75, 3.05) is 0 Å². The maximum atomic E-state index is 10.7. The zero-order valence-corrected chi connectivity index (χ0v) is 12.4. The average Bonchev–Trinajstić information content (AvgIpc) is 2.23. The first-order valence-electron chi connectivity index (χ1n) is 3.96. The first-order valence-corrected chi connectivity index (χ1v) is 6.34. The van der Waals surface area contributed by atoms with Crippen molar-refractivity contribution in [2.24, 2.45) is 0 Å². The minimum atomic E-state index is -1.25. The van der Waals surface area contributed by atoms with E-state index in [1.54, 1.807) is 18.2 Å². The van der Waals surface area contributed by atoms with E-state index in [0.717, 1.165) is 4.47 Å². The number of hydrogen-bond donors (Lipinski definition) is 1. The van der Waals surface area contributed by atoms with Crippen molar-refractivity contribution in [2.45, 2.75) is 0 Å². The summed E-state index contributed by atoms with van der Waals surface area (Å²) < 4.78 is 2.18. The van der Waals surface area contributed by atoms with E-state index < -0.39 is 5.97 Å². The van der Waals surface area contributed by atoms with Crippen molar-refractivity contribution >= 4 is 59.8 Å². The van der Waals surface area contributed by atoms with Gasteiger partial charge in [-0.05, 0) is 50.1 Å². The van der Waals surface area contributed by atoms with E-state index in [0.29, 0.717) is 14.5 Å². The van der Waals surface area contributed by atoms with Gasteiger partial charge in [-0.1, -0.05) is 15.9 Å². The zero-order chi connectivity index (χ0) is 12.3. The molecule has 3 nitrogen and oxygen atoms in total. The molecule has 6 heteroatoms. The lowest BCUT2D eigenvalue weighted by atomic mass is 10.1. The highest BCUT2D eigenvalue weighted by Crippen LogP contribution is 2.33. The molecule has 0 amide bonds. The minimum Gasteiger partial charge on any atom is -0.477 e. The Morgan fingerprint density at radius 2 is 1.88 bits per heavy atom. The lowest BCUT2D eigenvalue weighted by molar-refractivity contribution is -0.132. The number of carboxylic acid groups (broad SMARTS) is 1. The Morgan fingerprint density at radius 1 is 1.31 bits per heavy atom. The molecule has 0 radical (unpaired) electrons. The summed E-state index contributed by atoms with van der Waals surface area (Å²) >= 11 is 9.91. The molecule has 16 heavy (non-hydrogen) atoms. The quantitative estimate of drug-likeness (QED) is 0.457. The van der Waals surface area contributed by atoms with Gasteiger partial charge in [0.25, 0.3) is 0 Å². The van der Waals surface area contributed by atoms with Gasteiger partial charge in [0.1, 0.15) is 11.6 Å². The standard InChI is InChI=1S/C10H4Br3NO2/c11-7-1-2-8(12)9(13)6(7)3-5(4-14)10(15)16/h1-3H,(H,15,16)/b5-3+. The van der Waals surface area contributed by atoms with Crippen molar-refractivity contribution < 1.29 is 9.90 Å². The molecule has 82 valence electrons. The van der Waals surface area contributed by atoms with Crippen molar-refractivity contribution in [1.29, 1.82) is 5.26 Å². The van der Waals surface area contributed by atoms with Crippen LogP contribution in [-0.4, -0.2) is 11.1 Å². The molecule has 0 spiro atoms. The molecule has 0 unspecified atom stereocenters. The van der Waals surface area contributed by atoms with Crippen molar-refractivity contribution in [3.8, 4) is 6.07 Å². The van der Waals surface area contributed by atoms with E-state index in [1.807, 2.05) is 0 Å². The molecular weight excluding hydrogens is 406 g/mol. The average molecular weight is 410 g/mol. The molecule has 0 saturated carbocycles. The van der Waals surface area contributed by atoms with Crippen LogP contribution in [0.15, 0.2) is 31.1 Å². The topological polar surface area (TPSA) is 61.1 Å². The summed E-state index contributed by atoms with van der Waals surface area (Å²) in [7, 11) is 0. The van der Waals surface area contributed by atoms with E-state index in [1.165, 1.54) is 6.08 Å². The van der Waals surface area contributed by atoms with Gasteiger partial charge in [0.05, 0.1) is 0 Å². The Balaban J connectivity index is 3.41. The second-order valence-corrected chi connectivity index (χ2v) is 5.23. The number of hydrogen-bond acceptors (Lipinski definition) is 2. The molecule has 0 atom stereocenters. The summed E-state index contributed by atoms with van der Waals surface area (Å²) in [5.41, 5.74) is 0.285. The fourth-order valence-corrected chi connectivity index (χ4v) is 2.48. The fourth-order valence-electron chi connectivity index (χ4n) is 0.961. The van der Waals surface area contributed by atoms with Crippen LogP contribution in [-0.2, 0) is 4.79 Å². The Hall–Kier alpha value is -0.640. The lowest BCUT2D eigenvalue weighted by Gasteiger charge is -2.04. The van der Waals surface area contributed by atoms with Crippen LogP contribution in [0.5, 0.6) is 0 Å². The number of nitriles is 1. The van der Waals surface area contributed by atoms with Crippen LogP contribution in [0.25, 0.3) is 6.08 Å². The number of nitrogens with zero attached hydrogens (tertiary/aromatic N) is 1. The summed E-state index contributed by atoms with van der Waals surface area (Å²) in [6.07, 6.45) is 1.31. The first kappa shape index (κ1) is 13.4. The number of halogens is 3. The van der Waals surface area contributed by atoms with Gasteiger partial charge in [-0.3, -0.25) is 0 Å². The van der Waals surface area contributed by atoms with Crippen LogP contribution in [0.1, 0.15) is 5.56 Å². The molecular formula is C10H4Br3NO2. The van der Waals surface area contributed by atoms with Crippen LogP contribution in [0.2, 0.25) is 0 Å². The van der Waals surface area contributed by atoms with Crippen LogP contribution in [0.3, 0.4) is 0 Å². The molecule has 1 aromatic carbocycles. The molecule has 0 aliphatic carbocycles. The van der Waals surface area contributed by atoms with E-state index >= 15 is 0 Å². The normalized spacial score (nSPS) is 11.0. The van der Waals surface area contributed by atoms with Gasteiger partial charge in [0, 0.05) is 19.0 Å². The van der Waals surface area contributed by atoms with E-state index in [-0.39, 0.29) is 5.57 Å². The molecule has 0 fully saturated rings. The smallest absolute Gasteiger partial charge is 0.346 e. The third-order valence-corrected chi connectivity index (χ3v) is 4.46. The summed E-state index contributed by atoms with van der Waals surface area (Å²) in [6.45, 7) is 0. The zero-order valence-electron chi connectivity index (χ0n) is 7.67. The second kappa shape index (κ2) is 5.62. The van der Waals surface area contributed by atoms with Crippen molar-refractivity contribution in [3.05, 3.63) is 36.7 Å². The number of aliphatic carboxylic acids is 1. The molecule has 0 bridgehead atoms. The monoisotopic (exact) mass is 407 g/mol. The Morgan fingerprint density at radius 3 is 2.38 bits per heavy atom. The fraction of sp³-hybridized carbons (Fsp3) is 0. The summed E-state index contributed by atoms with van der Waals surface area (Å²) in [6, 6.07) is 5.19.